The Morgan fingerprint density at radius 2 is 2.28 bits per heavy atom. The molecule has 0 spiro atoms. The summed E-state index contributed by atoms with van der Waals surface area (Å²) in [6.07, 6.45) is 2.76. The third-order valence-electron chi connectivity index (χ3n) is 4.03. The minimum atomic E-state index is -0.726. The van der Waals surface area contributed by atoms with Crippen LogP contribution in [0.4, 0.5) is 4.39 Å². The van der Waals surface area contributed by atoms with E-state index in [0.717, 1.165) is 37.1 Å². The van der Waals surface area contributed by atoms with Crippen LogP contribution in [-0.4, -0.2) is 23.8 Å². The largest absolute Gasteiger partial charge is 0.389 e. The second kappa shape index (κ2) is 5.37. The summed E-state index contributed by atoms with van der Waals surface area (Å²) in [6.45, 7) is 5.70. The first-order valence-corrected chi connectivity index (χ1v) is 6.67. The predicted octanol–water partition coefficient (Wildman–Crippen LogP) is 2.43. The normalized spacial score (nSPS) is 23.7. The zero-order valence-corrected chi connectivity index (χ0v) is 11.2. The van der Waals surface area contributed by atoms with E-state index in [-0.39, 0.29) is 11.7 Å². The minimum absolute atomic E-state index is 0.213. The summed E-state index contributed by atoms with van der Waals surface area (Å²) >= 11 is 0. The fraction of sp³-hybridized carbons (Fsp3) is 0.600. The second-order valence-corrected chi connectivity index (χ2v) is 5.65. The Kier molecular flexibility index (Phi) is 4.03. The first-order valence-electron chi connectivity index (χ1n) is 6.67. The first-order chi connectivity index (χ1) is 8.49. The van der Waals surface area contributed by atoms with Crippen LogP contribution in [-0.2, 0) is 6.42 Å². The Balaban J connectivity index is 2.10. The third-order valence-corrected chi connectivity index (χ3v) is 4.03. The molecule has 1 saturated heterocycles. The molecule has 0 amide bonds. The van der Waals surface area contributed by atoms with Gasteiger partial charge in [-0.25, -0.2) is 4.39 Å². The average molecular weight is 251 g/mol. The quantitative estimate of drug-likeness (QED) is 0.864. The van der Waals surface area contributed by atoms with Crippen molar-refractivity contribution in [2.45, 2.75) is 38.7 Å². The smallest absolute Gasteiger partial charge is 0.123 e. The Morgan fingerprint density at radius 1 is 1.50 bits per heavy atom. The van der Waals surface area contributed by atoms with Crippen LogP contribution in [0.15, 0.2) is 18.2 Å². The molecular weight excluding hydrogens is 229 g/mol. The number of hydrogen-bond donors (Lipinski definition) is 2. The van der Waals surface area contributed by atoms with Crippen molar-refractivity contribution >= 4 is 0 Å². The van der Waals surface area contributed by atoms with Crippen LogP contribution in [0.2, 0.25) is 0 Å². The first kappa shape index (κ1) is 13.5. The van der Waals surface area contributed by atoms with Crippen LogP contribution in [0.1, 0.15) is 30.9 Å². The number of halogens is 1. The van der Waals surface area contributed by atoms with E-state index < -0.39 is 5.60 Å². The molecule has 0 saturated carbocycles. The van der Waals surface area contributed by atoms with Gasteiger partial charge in [0.25, 0.3) is 0 Å². The van der Waals surface area contributed by atoms with E-state index in [0.29, 0.717) is 6.42 Å². The maximum atomic E-state index is 13.1. The summed E-state index contributed by atoms with van der Waals surface area (Å²) in [4.78, 5) is 0. The van der Waals surface area contributed by atoms with Crippen molar-refractivity contribution in [2.24, 2.45) is 5.92 Å². The average Bonchev–Trinajstić information content (AvgIpc) is 2.34. The summed E-state index contributed by atoms with van der Waals surface area (Å²) in [5.41, 5.74) is 1.22. The van der Waals surface area contributed by atoms with Gasteiger partial charge in [-0.15, -0.1) is 0 Å². The highest BCUT2D eigenvalue weighted by Gasteiger charge is 2.33. The lowest BCUT2D eigenvalue weighted by atomic mass is 9.79. The molecule has 1 aromatic carbocycles. The van der Waals surface area contributed by atoms with E-state index in [1.807, 2.05) is 13.8 Å². The highest BCUT2D eigenvalue weighted by molar-refractivity contribution is 5.28. The highest BCUT2D eigenvalue weighted by atomic mass is 19.1. The molecule has 18 heavy (non-hydrogen) atoms. The lowest BCUT2D eigenvalue weighted by Gasteiger charge is -2.36. The van der Waals surface area contributed by atoms with Gasteiger partial charge in [0.2, 0.25) is 0 Å². The van der Waals surface area contributed by atoms with Gasteiger partial charge in [-0.05, 0) is 56.5 Å². The van der Waals surface area contributed by atoms with E-state index in [2.05, 4.69) is 5.32 Å². The molecule has 1 fully saturated rings. The van der Waals surface area contributed by atoms with E-state index in [9.17, 15) is 9.50 Å². The molecule has 3 heteroatoms. The van der Waals surface area contributed by atoms with Crippen molar-refractivity contribution in [2.75, 3.05) is 13.1 Å². The number of rotatable bonds is 3. The molecule has 1 aliphatic heterocycles. The third kappa shape index (κ3) is 3.09. The molecule has 2 atom stereocenters. The fourth-order valence-electron chi connectivity index (χ4n) is 2.77. The Hall–Kier alpha value is -0.930. The van der Waals surface area contributed by atoms with Crippen LogP contribution >= 0.6 is 0 Å². The molecule has 0 aliphatic carbocycles. The van der Waals surface area contributed by atoms with Crippen molar-refractivity contribution in [1.29, 1.82) is 0 Å². The zero-order chi connectivity index (χ0) is 13.2. The number of aryl methyl sites for hydroxylation is 1. The molecule has 2 rings (SSSR count). The van der Waals surface area contributed by atoms with E-state index in [1.165, 1.54) is 12.1 Å². The summed E-state index contributed by atoms with van der Waals surface area (Å²) in [6, 6.07) is 4.79. The molecule has 1 heterocycles. The van der Waals surface area contributed by atoms with Crippen LogP contribution in [0.25, 0.3) is 0 Å². The molecule has 0 bridgehead atoms. The predicted molar refractivity (Wildman–Crippen MR) is 71.1 cm³/mol. The van der Waals surface area contributed by atoms with Gasteiger partial charge < -0.3 is 10.4 Å². The molecule has 1 aliphatic rings. The highest BCUT2D eigenvalue weighted by Crippen LogP contribution is 2.28. The summed E-state index contributed by atoms with van der Waals surface area (Å²) in [7, 11) is 0. The molecule has 0 radical (unpaired) electrons. The SMILES string of the molecule is Cc1cc(F)ccc1CC(C)(O)C1CCCNC1. The van der Waals surface area contributed by atoms with Crippen molar-refractivity contribution < 1.29 is 9.50 Å². The maximum Gasteiger partial charge on any atom is 0.123 e. The van der Waals surface area contributed by atoms with Crippen molar-refractivity contribution in [3.8, 4) is 0 Å². The van der Waals surface area contributed by atoms with E-state index in [1.54, 1.807) is 6.07 Å². The molecule has 1 aromatic rings. The monoisotopic (exact) mass is 251 g/mol. The van der Waals surface area contributed by atoms with E-state index in [4.69, 9.17) is 0 Å². The molecule has 100 valence electrons. The molecule has 2 unspecified atom stereocenters. The summed E-state index contributed by atoms with van der Waals surface area (Å²) in [5, 5.41) is 14.0. The van der Waals surface area contributed by atoms with Crippen molar-refractivity contribution in [3.63, 3.8) is 0 Å². The molecular formula is C15H22FNO. The van der Waals surface area contributed by atoms with Gasteiger partial charge in [0, 0.05) is 18.9 Å². The minimum Gasteiger partial charge on any atom is -0.389 e. The fourth-order valence-corrected chi connectivity index (χ4v) is 2.77. The van der Waals surface area contributed by atoms with Gasteiger partial charge in [-0.1, -0.05) is 6.07 Å². The molecule has 2 nitrogen and oxygen atoms in total. The molecule has 2 N–H and O–H groups in total. The van der Waals surface area contributed by atoms with Crippen LogP contribution in [0, 0.1) is 18.7 Å². The number of aliphatic hydroxyl groups is 1. The second-order valence-electron chi connectivity index (χ2n) is 5.65. The van der Waals surface area contributed by atoms with Crippen LogP contribution in [0.5, 0.6) is 0 Å². The van der Waals surface area contributed by atoms with Crippen molar-refractivity contribution in [3.05, 3.63) is 35.1 Å². The van der Waals surface area contributed by atoms with Crippen LogP contribution < -0.4 is 5.32 Å². The Bertz CT molecular complexity index is 411. The summed E-state index contributed by atoms with van der Waals surface area (Å²) < 4.78 is 13.1. The standard InChI is InChI=1S/C15H22FNO/c1-11-8-14(16)6-5-12(11)9-15(2,18)13-4-3-7-17-10-13/h5-6,8,13,17-18H,3-4,7,9-10H2,1-2H3. The van der Waals surface area contributed by atoms with E-state index >= 15 is 0 Å². The lowest BCUT2D eigenvalue weighted by Crippen LogP contribution is -2.45. The van der Waals surface area contributed by atoms with Gasteiger partial charge in [0.15, 0.2) is 0 Å². The van der Waals surface area contributed by atoms with Crippen molar-refractivity contribution in [1.82, 2.24) is 5.32 Å². The van der Waals surface area contributed by atoms with Gasteiger partial charge in [0.1, 0.15) is 5.82 Å². The van der Waals surface area contributed by atoms with Crippen LogP contribution in [0.3, 0.4) is 0 Å². The Morgan fingerprint density at radius 3 is 2.89 bits per heavy atom. The number of piperidine rings is 1. The zero-order valence-electron chi connectivity index (χ0n) is 11.2. The van der Waals surface area contributed by atoms with Gasteiger partial charge >= 0.3 is 0 Å². The number of benzene rings is 1. The Labute approximate surface area is 108 Å². The van der Waals surface area contributed by atoms with Gasteiger partial charge in [-0.3, -0.25) is 0 Å². The number of hydrogen-bond acceptors (Lipinski definition) is 2. The summed E-state index contributed by atoms with van der Waals surface area (Å²) in [5.74, 6) is 0.0610. The maximum absolute atomic E-state index is 13.1. The number of nitrogens with one attached hydrogen (secondary N) is 1. The van der Waals surface area contributed by atoms with Gasteiger partial charge in [-0.2, -0.15) is 0 Å². The molecule has 0 aromatic heterocycles. The van der Waals surface area contributed by atoms with Gasteiger partial charge in [0.05, 0.1) is 5.60 Å². The lowest BCUT2D eigenvalue weighted by molar-refractivity contribution is -0.0103. The topological polar surface area (TPSA) is 32.3 Å².